The van der Waals surface area contributed by atoms with Crippen LogP contribution in [-0.4, -0.2) is 17.9 Å². The number of hydrogen-bond donors (Lipinski definition) is 2. The Bertz CT molecular complexity index is 764. The smallest absolute Gasteiger partial charge is 0.224 e. The summed E-state index contributed by atoms with van der Waals surface area (Å²) in [6.45, 7) is 8.03. The lowest BCUT2D eigenvalue weighted by atomic mass is 10.0. The first-order valence-electron chi connectivity index (χ1n) is 9.08. The Morgan fingerprint density at radius 3 is 2.27 bits per heavy atom. The molecule has 0 aliphatic carbocycles. The van der Waals surface area contributed by atoms with Crippen LogP contribution in [0.2, 0.25) is 0 Å². The van der Waals surface area contributed by atoms with E-state index in [0.29, 0.717) is 12.8 Å². The van der Waals surface area contributed by atoms with Crippen molar-refractivity contribution in [3.8, 4) is 0 Å². The van der Waals surface area contributed by atoms with E-state index in [1.807, 2.05) is 38.1 Å². The fraction of sp³-hybridized carbons (Fsp3) is 0.364. The van der Waals surface area contributed by atoms with Gasteiger partial charge in [-0.1, -0.05) is 35.9 Å². The molecule has 0 saturated carbocycles. The summed E-state index contributed by atoms with van der Waals surface area (Å²) in [5.41, 5.74) is 5.34. The first kappa shape index (κ1) is 19.7. The number of carbonyl (C=O) groups excluding carboxylic acids is 2. The van der Waals surface area contributed by atoms with Crippen molar-refractivity contribution in [1.82, 2.24) is 5.32 Å². The molecule has 138 valence electrons. The molecule has 0 spiro atoms. The molecule has 0 fully saturated rings. The van der Waals surface area contributed by atoms with Gasteiger partial charge in [0.15, 0.2) is 0 Å². The van der Waals surface area contributed by atoms with Crippen molar-refractivity contribution in [1.29, 1.82) is 0 Å². The molecule has 0 aliphatic rings. The van der Waals surface area contributed by atoms with Crippen LogP contribution in [0.15, 0.2) is 42.5 Å². The predicted octanol–water partition coefficient (Wildman–Crippen LogP) is 3.94. The third kappa shape index (κ3) is 6.36. The molecule has 4 heteroatoms. The van der Waals surface area contributed by atoms with E-state index < -0.39 is 0 Å². The lowest BCUT2D eigenvalue weighted by molar-refractivity contribution is -0.121. The topological polar surface area (TPSA) is 58.2 Å². The minimum Gasteiger partial charge on any atom is -0.354 e. The van der Waals surface area contributed by atoms with Crippen molar-refractivity contribution in [2.24, 2.45) is 0 Å². The Hall–Kier alpha value is -2.62. The zero-order valence-electron chi connectivity index (χ0n) is 16.1. The van der Waals surface area contributed by atoms with Gasteiger partial charge in [0.1, 0.15) is 0 Å². The lowest BCUT2D eigenvalue weighted by Gasteiger charge is -2.10. The molecule has 4 nitrogen and oxygen atoms in total. The molecule has 0 bridgehead atoms. The number of hydrogen-bond acceptors (Lipinski definition) is 2. The summed E-state index contributed by atoms with van der Waals surface area (Å²) in [4.78, 5) is 23.9. The van der Waals surface area contributed by atoms with E-state index in [-0.39, 0.29) is 17.9 Å². The van der Waals surface area contributed by atoms with Gasteiger partial charge in [-0.2, -0.15) is 0 Å². The second-order valence-electron chi connectivity index (χ2n) is 7.07. The van der Waals surface area contributed by atoms with Gasteiger partial charge in [0.2, 0.25) is 11.8 Å². The Kier molecular flexibility index (Phi) is 6.96. The van der Waals surface area contributed by atoms with Gasteiger partial charge in [-0.25, -0.2) is 0 Å². The second-order valence-corrected chi connectivity index (χ2v) is 7.07. The quantitative estimate of drug-likeness (QED) is 0.793. The van der Waals surface area contributed by atoms with E-state index in [1.165, 1.54) is 16.7 Å². The van der Waals surface area contributed by atoms with Crippen molar-refractivity contribution < 1.29 is 9.59 Å². The molecule has 0 saturated heterocycles. The largest absolute Gasteiger partial charge is 0.354 e. The summed E-state index contributed by atoms with van der Waals surface area (Å²) < 4.78 is 0. The molecule has 0 aliphatic heterocycles. The number of amides is 2. The monoisotopic (exact) mass is 352 g/mol. The van der Waals surface area contributed by atoms with Crippen molar-refractivity contribution in [2.45, 2.75) is 53.0 Å². The van der Waals surface area contributed by atoms with Crippen LogP contribution in [-0.2, 0) is 22.4 Å². The van der Waals surface area contributed by atoms with Crippen LogP contribution in [0.1, 0.15) is 42.5 Å². The molecule has 2 aromatic rings. The maximum Gasteiger partial charge on any atom is 0.224 e. The molecule has 0 aromatic heterocycles. The zero-order valence-corrected chi connectivity index (χ0v) is 16.1. The van der Waals surface area contributed by atoms with Gasteiger partial charge in [0.05, 0.1) is 6.42 Å². The highest BCUT2D eigenvalue weighted by Gasteiger charge is 2.07. The van der Waals surface area contributed by atoms with E-state index in [9.17, 15) is 9.59 Å². The summed E-state index contributed by atoms with van der Waals surface area (Å²) in [5.74, 6) is 0.000490. The Balaban J connectivity index is 1.84. The van der Waals surface area contributed by atoms with Crippen molar-refractivity contribution in [3.63, 3.8) is 0 Å². The minimum absolute atomic E-state index is 0.00437. The summed E-state index contributed by atoms with van der Waals surface area (Å²) in [6.07, 6.45) is 1.52. The number of benzene rings is 2. The molecular formula is C22H28N2O2. The molecule has 0 radical (unpaired) electrons. The summed E-state index contributed by atoms with van der Waals surface area (Å²) in [5, 5.41) is 5.79. The summed E-state index contributed by atoms with van der Waals surface area (Å²) in [6, 6.07) is 13.9. The fourth-order valence-corrected chi connectivity index (χ4v) is 2.86. The summed E-state index contributed by atoms with van der Waals surface area (Å²) >= 11 is 0. The van der Waals surface area contributed by atoms with E-state index in [4.69, 9.17) is 0 Å². The number of carbonyl (C=O) groups is 2. The molecule has 2 rings (SSSR count). The Labute approximate surface area is 156 Å². The first-order chi connectivity index (χ1) is 12.3. The predicted molar refractivity (Wildman–Crippen MR) is 106 cm³/mol. The standard InChI is InChI=1S/C22H28N2O2/c1-15(2)23-22(26)14-18-6-10-20(11-7-18)24-21(25)12-9-19-8-5-16(3)13-17(19)4/h5-8,10-11,13,15H,9,12,14H2,1-4H3,(H,23,26)(H,24,25). The minimum atomic E-state index is -0.00437. The van der Waals surface area contributed by atoms with E-state index in [1.54, 1.807) is 0 Å². The van der Waals surface area contributed by atoms with E-state index in [2.05, 4.69) is 42.7 Å². The highest BCUT2D eigenvalue weighted by molar-refractivity contribution is 5.91. The molecule has 2 aromatic carbocycles. The molecule has 2 N–H and O–H groups in total. The van der Waals surface area contributed by atoms with Gasteiger partial charge < -0.3 is 10.6 Å². The number of rotatable bonds is 7. The third-order valence-corrected chi connectivity index (χ3v) is 4.17. The molecule has 0 unspecified atom stereocenters. The second kappa shape index (κ2) is 9.18. The van der Waals surface area contributed by atoms with Gasteiger partial charge in [-0.15, -0.1) is 0 Å². The maximum atomic E-state index is 12.2. The van der Waals surface area contributed by atoms with Crippen LogP contribution in [0.25, 0.3) is 0 Å². The van der Waals surface area contributed by atoms with Gasteiger partial charge in [0.25, 0.3) is 0 Å². The lowest BCUT2D eigenvalue weighted by Crippen LogP contribution is -2.31. The maximum absolute atomic E-state index is 12.2. The van der Waals surface area contributed by atoms with Crippen LogP contribution in [0.5, 0.6) is 0 Å². The molecule has 26 heavy (non-hydrogen) atoms. The van der Waals surface area contributed by atoms with E-state index in [0.717, 1.165) is 17.7 Å². The highest BCUT2D eigenvalue weighted by Crippen LogP contribution is 2.14. The summed E-state index contributed by atoms with van der Waals surface area (Å²) in [7, 11) is 0. The van der Waals surface area contributed by atoms with Gasteiger partial charge in [0, 0.05) is 18.2 Å². The normalized spacial score (nSPS) is 10.7. The van der Waals surface area contributed by atoms with Crippen LogP contribution < -0.4 is 10.6 Å². The first-order valence-corrected chi connectivity index (χ1v) is 9.08. The molecular weight excluding hydrogens is 324 g/mol. The van der Waals surface area contributed by atoms with Gasteiger partial charge >= 0.3 is 0 Å². The molecule has 0 heterocycles. The van der Waals surface area contributed by atoms with Gasteiger partial charge in [-0.05, 0) is 62.9 Å². The zero-order chi connectivity index (χ0) is 19.1. The fourth-order valence-electron chi connectivity index (χ4n) is 2.86. The van der Waals surface area contributed by atoms with Crippen LogP contribution in [0.4, 0.5) is 5.69 Å². The molecule has 2 amide bonds. The van der Waals surface area contributed by atoms with Gasteiger partial charge in [-0.3, -0.25) is 9.59 Å². The highest BCUT2D eigenvalue weighted by atomic mass is 16.2. The van der Waals surface area contributed by atoms with Crippen LogP contribution >= 0.6 is 0 Å². The average Bonchev–Trinajstić information content (AvgIpc) is 2.55. The van der Waals surface area contributed by atoms with Crippen molar-refractivity contribution >= 4 is 17.5 Å². The number of nitrogens with one attached hydrogen (secondary N) is 2. The Morgan fingerprint density at radius 1 is 0.962 bits per heavy atom. The van der Waals surface area contributed by atoms with Crippen LogP contribution in [0, 0.1) is 13.8 Å². The number of aryl methyl sites for hydroxylation is 3. The SMILES string of the molecule is Cc1ccc(CCC(=O)Nc2ccc(CC(=O)NC(C)C)cc2)c(C)c1. The molecule has 0 atom stereocenters. The van der Waals surface area contributed by atoms with Crippen molar-refractivity contribution in [2.75, 3.05) is 5.32 Å². The third-order valence-electron chi connectivity index (χ3n) is 4.17. The van der Waals surface area contributed by atoms with Crippen molar-refractivity contribution in [3.05, 3.63) is 64.7 Å². The van der Waals surface area contributed by atoms with Crippen LogP contribution in [0.3, 0.4) is 0 Å². The number of anilines is 1. The average molecular weight is 352 g/mol. The Morgan fingerprint density at radius 2 is 1.65 bits per heavy atom. The van der Waals surface area contributed by atoms with E-state index >= 15 is 0 Å².